The molecule has 0 amide bonds. The van der Waals surface area contributed by atoms with E-state index in [9.17, 15) is 0 Å². The Hall–Kier alpha value is -5.20. The minimum absolute atomic E-state index is 0.130. The molecular formula is C54H55N5. The smallest absolute Gasteiger partial charge is 0.121 e. The van der Waals surface area contributed by atoms with Gasteiger partial charge in [0.25, 0.3) is 0 Å². The molecular weight excluding hydrogens is 719 g/mol. The van der Waals surface area contributed by atoms with Gasteiger partial charge in [0.05, 0.1) is 12.2 Å². The van der Waals surface area contributed by atoms with Gasteiger partial charge in [-0.25, -0.2) is 5.43 Å². The number of aryl methyl sites for hydroxylation is 1. The number of hydrazine groups is 1. The molecule has 3 aliphatic heterocycles. The van der Waals surface area contributed by atoms with Crippen LogP contribution in [0.4, 0.5) is 0 Å². The van der Waals surface area contributed by atoms with E-state index >= 15 is 0 Å². The maximum absolute atomic E-state index is 4.13. The van der Waals surface area contributed by atoms with Crippen LogP contribution in [0.15, 0.2) is 175 Å². The molecule has 5 nitrogen and oxygen atoms in total. The first-order chi connectivity index (χ1) is 29.2. The average molecular weight is 774 g/mol. The van der Waals surface area contributed by atoms with E-state index in [4.69, 9.17) is 0 Å². The number of rotatable bonds is 6. The molecule has 0 spiro atoms. The van der Waals surface area contributed by atoms with Crippen molar-refractivity contribution in [1.29, 1.82) is 0 Å². The maximum atomic E-state index is 4.13. The summed E-state index contributed by atoms with van der Waals surface area (Å²) in [6.07, 6.45) is 52.5. The van der Waals surface area contributed by atoms with Crippen molar-refractivity contribution in [3.8, 4) is 0 Å². The summed E-state index contributed by atoms with van der Waals surface area (Å²) in [5.41, 5.74) is 15.5. The summed E-state index contributed by atoms with van der Waals surface area (Å²) in [5, 5.41) is 7.92. The van der Waals surface area contributed by atoms with E-state index in [0.29, 0.717) is 47.8 Å². The highest BCUT2D eigenvalue weighted by molar-refractivity contribution is 5.89. The summed E-state index contributed by atoms with van der Waals surface area (Å²) in [6.45, 7) is 0. The molecule has 10 atom stereocenters. The van der Waals surface area contributed by atoms with Crippen LogP contribution in [0.5, 0.6) is 0 Å². The van der Waals surface area contributed by atoms with Gasteiger partial charge in [0.2, 0.25) is 0 Å². The third-order valence-corrected chi connectivity index (χ3v) is 15.2. The Morgan fingerprint density at radius 2 is 1.66 bits per heavy atom. The Kier molecular flexibility index (Phi) is 8.97. The van der Waals surface area contributed by atoms with Crippen LogP contribution in [0, 0.1) is 23.7 Å². The van der Waals surface area contributed by atoms with Gasteiger partial charge in [-0.1, -0.05) is 145 Å². The number of likely N-dealkylation sites (tertiary alicyclic amines) is 1. The molecule has 0 saturated carbocycles. The van der Waals surface area contributed by atoms with Crippen molar-refractivity contribution in [2.45, 2.75) is 87.9 Å². The van der Waals surface area contributed by atoms with Crippen molar-refractivity contribution in [2.75, 3.05) is 0 Å². The van der Waals surface area contributed by atoms with Gasteiger partial charge in [0, 0.05) is 52.8 Å². The molecule has 3 aromatic rings. The van der Waals surface area contributed by atoms with E-state index in [1.807, 2.05) is 0 Å². The Balaban J connectivity index is 0.763. The van der Waals surface area contributed by atoms with Crippen LogP contribution in [-0.2, 0) is 6.42 Å². The third-order valence-electron chi connectivity index (χ3n) is 15.2. The molecule has 1 aromatic heterocycles. The lowest BCUT2D eigenvalue weighted by Gasteiger charge is -2.38. The standard InChI is InChI=1S/C54H55N5/c1-3-14-36(15-4-1)39-27-29-51-47(34-39)48-35-40(28-30-52(48)58(51)42-19-5-2-6-20-42)44-24-13-31-57-54(44)55-53(56-57)41-18-11-16-37(32-41)38-17-12-21-43(33-38)59-49-25-9-7-22-45(49)46-23-8-10-26-50(46)59/h1-7,9-15,17-19,21-22,24-29,31,34,37,41-43,47-48,51-56H,8,16,20,23,30,32-33,35H2/t37?,41?,42?,43?,47?,48?,51?,52?,53?,54-/m1/s1. The normalized spacial score (nSPS) is 34.3. The summed E-state index contributed by atoms with van der Waals surface area (Å²) in [5.74, 6) is 2.02. The molecule has 4 heterocycles. The predicted octanol–water partition coefficient (Wildman–Crippen LogP) is 10.7. The van der Waals surface area contributed by atoms with E-state index in [1.54, 1.807) is 5.57 Å². The van der Waals surface area contributed by atoms with E-state index in [1.165, 1.54) is 44.4 Å². The van der Waals surface area contributed by atoms with E-state index < -0.39 is 0 Å². The Bertz CT molecular complexity index is 2500. The summed E-state index contributed by atoms with van der Waals surface area (Å²) < 4.78 is 2.64. The zero-order chi connectivity index (χ0) is 38.9. The highest BCUT2D eigenvalue weighted by Crippen LogP contribution is 2.51. The SMILES string of the molecule is C1=CCC(N2C3C=CC(c4ccccc4)=CC3C3CC(C4=CC=CN5NC(C6C=CCC(C7=CC=CC(n8c9c(c%10ccccc%108)CCC=C9)C7)C6)N[C@@H]45)=CCC32)C=C1. The second kappa shape index (κ2) is 14.8. The highest BCUT2D eigenvalue weighted by atomic mass is 15.6. The van der Waals surface area contributed by atoms with Crippen LogP contribution in [0.1, 0.15) is 67.8 Å². The minimum Gasteiger partial charge on any atom is -0.333 e. The topological polar surface area (TPSA) is 35.5 Å². The van der Waals surface area contributed by atoms with Crippen LogP contribution in [0.25, 0.3) is 22.6 Å². The Morgan fingerprint density at radius 1 is 0.746 bits per heavy atom. The van der Waals surface area contributed by atoms with Crippen LogP contribution >= 0.6 is 0 Å². The van der Waals surface area contributed by atoms with Crippen LogP contribution < -0.4 is 10.7 Å². The number of aromatic nitrogens is 1. The number of hydrogen-bond acceptors (Lipinski definition) is 4. The minimum atomic E-state index is 0.130. The summed E-state index contributed by atoms with van der Waals surface area (Å²) >= 11 is 0. The molecule has 9 unspecified atom stereocenters. The Morgan fingerprint density at radius 3 is 2.59 bits per heavy atom. The second-order valence-electron chi connectivity index (χ2n) is 18.3. The molecule has 59 heavy (non-hydrogen) atoms. The molecule has 12 rings (SSSR count). The molecule has 0 radical (unpaired) electrons. The lowest BCUT2D eigenvalue weighted by molar-refractivity contribution is 0.158. The van der Waals surface area contributed by atoms with Crippen LogP contribution in [0.3, 0.4) is 0 Å². The number of para-hydroxylation sites is 1. The summed E-state index contributed by atoms with van der Waals surface area (Å²) in [6, 6.07) is 21.8. The van der Waals surface area contributed by atoms with Crippen molar-refractivity contribution in [1.82, 2.24) is 25.2 Å². The second-order valence-corrected chi connectivity index (χ2v) is 18.3. The van der Waals surface area contributed by atoms with Crippen molar-refractivity contribution in [2.24, 2.45) is 23.7 Å². The quantitative estimate of drug-likeness (QED) is 0.245. The number of hydrogen-bond donors (Lipinski definition) is 2. The first kappa shape index (κ1) is 35.7. The lowest BCUT2D eigenvalue weighted by Crippen LogP contribution is -2.45. The van der Waals surface area contributed by atoms with Gasteiger partial charge in [-0.15, -0.1) is 0 Å². The summed E-state index contributed by atoms with van der Waals surface area (Å²) in [4.78, 5) is 2.88. The average Bonchev–Trinajstić information content (AvgIpc) is 4.00. The van der Waals surface area contributed by atoms with Crippen molar-refractivity contribution >= 4 is 22.6 Å². The fourth-order valence-electron chi connectivity index (χ4n) is 12.5. The molecule has 2 fully saturated rings. The van der Waals surface area contributed by atoms with Gasteiger partial charge in [0.15, 0.2) is 0 Å². The Labute approximate surface area is 349 Å². The van der Waals surface area contributed by atoms with Crippen molar-refractivity contribution < 1.29 is 0 Å². The number of nitrogens with zero attached hydrogens (tertiary/aromatic N) is 3. The van der Waals surface area contributed by atoms with Gasteiger partial charge in [-0.3, -0.25) is 15.2 Å². The lowest BCUT2D eigenvalue weighted by atomic mass is 9.74. The van der Waals surface area contributed by atoms with Crippen LogP contribution in [-0.4, -0.2) is 44.9 Å². The maximum Gasteiger partial charge on any atom is 0.121 e. The zero-order valence-corrected chi connectivity index (χ0v) is 33.9. The molecule has 2 N–H and O–H groups in total. The number of nitrogens with one attached hydrogen (secondary N) is 2. The molecule has 6 aliphatic carbocycles. The van der Waals surface area contributed by atoms with Crippen molar-refractivity contribution in [3.63, 3.8) is 0 Å². The fraction of sp³-hybridized carbons (Fsp3) is 0.333. The number of benzene rings is 2. The summed E-state index contributed by atoms with van der Waals surface area (Å²) in [7, 11) is 0. The number of allylic oxidation sites excluding steroid dienone is 12. The highest BCUT2D eigenvalue weighted by Gasteiger charge is 2.51. The van der Waals surface area contributed by atoms with E-state index in [0.717, 1.165) is 51.4 Å². The van der Waals surface area contributed by atoms with Crippen molar-refractivity contribution in [3.05, 3.63) is 192 Å². The molecule has 9 aliphatic rings. The molecule has 296 valence electrons. The van der Waals surface area contributed by atoms with Gasteiger partial charge >= 0.3 is 0 Å². The van der Waals surface area contributed by atoms with Gasteiger partial charge in [-0.2, -0.15) is 0 Å². The molecule has 5 heteroatoms. The molecule has 2 saturated heterocycles. The first-order valence-corrected chi connectivity index (χ1v) is 22.5. The first-order valence-electron chi connectivity index (χ1n) is 22.5. The fourth-order valence-corrected chi connectivity index (χ4v) is 12.5. The molecule has 2 aromatic carbocycles. The van der Waals surface area contributed by atoms with Gasteiger partial charge in [-0.05, 0) is 109 Å². The van der Waals surface area contributed by atoms with Gasteiger partial charge < -0.3 is 4.57 Å². The molecule has 0 bridgehead atoms. The number of fused-ring (bicyclic) bond motifs is 7. The predicted molar refractivity (Wildman–Crippen MR) is 242 cm³/mol. The monoisotopic (exact) mass is 773 g/mol. The van der Waals surface area contributed by atoms with Gasteiger partial charge in [0.1, 0.15) is 6.17 Å². The third kappa shape index (κ3) is 6.15. The van der Waals surface area contributed by atoms with Crippen LogP contribution in [0.2, 0.25) is 0 Å². The van der Waals surface area contributed by atoms with E-state index in [2.05, 4.69) is 189 Å². The van der Waals surface area contributed by atoms with E-state index in [-0.39, 0.29) is 12.3 Å². The largest absolute Gasteiger partial charge is 0.333 e. The zero-order valence-electron chi connectivity index (χ0n) is 33.9.